The molecule has 2 amide bonds. The molecule has 0 heterocycles. The van der Waals surface area contributed by atoms with Crippen molar-refractivity contribution in [1.29, 1.82) is 0 Å². The highest BCUT2D eigenvalue weighted by Crippen LogP contribution is 2.23. The van der Waals surface area contributed by atoms with Gasteiger partial charge in [-0.2, -0.15) is 0 Å². The van der Waals surface area contributed by atoms with Crippen LogP contribution in [0, 0.1) is 12.8 Å². The van der Waals surface area contributed by atoms with Gasteiger partial charge in [0.25, 0.3) is 0 Å². The summed E-state index contributed by atoms with van der Waals surface area (Å²) >= 11 is 0. The summed E-state index contributed by atoms with van der Waals surface area (Å²) in [5, 5.41) is 2.91. The molecule has 0 aromatic heterocycles. The fourth-order valence-electron chi connectivity index (χ4n) is 3.56. The van der Waals surface area contributed by atoms with Gasteiger partial charge in [0.1, 0.15) is 12.6 Å². The summed E-state index contributed by atoms with van der Waals surface area (Å²) in [7, 11) is -3.73. The number of rotatable bonds is 11. The predicted molar refractivity (Wildman–Crippen MR) is 132 cm³/mol. The van der Waals surface area contributed by atoms with Crippen molar-refractivity contribution in [2.45, 2.75) is 46.7 Å². The molecule has 2 rings (SSSR count). The smallest absolute Gasteiger partial charge is 0.244 e. The molecule has 7 nitrogen and oxygen atoms in total. The zero-order valence-electron chi connectivity index (χ0n) is 20.1. The molecular formula is C25H35N3O4S. The molecule has 0 fully saturated rings. The van der Waals surface area contributed by atoms with Crippen LogP contribution in [0.25, 0.3) is 0 Å². The Bertz CT molecular complexity index is 1040. The van der Waals surface area contributed by atoms with E-state index in [1.807, 2.05) is 57.2 Å². The maximum Gasteiger partial charge on any atom is 0.244 e. The first-order chi connectivity index (χ1) is 15.5. The van der Waals surface area contributed by atoms with E-state index in [0.717, 1.165) is 21.7 Å². The molecule has 8 heteroatoms. The number of nitrogens with zero attached hydrogens (tertiary/aromatic N) is 2. The molecule has 0 saturated heterocycles. The third-order valence-corrected chi connectivity index (χ3v) is 6.46. The van der Waals surface area contributed by atoms with Gasteiger partial charge in [-0.3, -0.25) is 13.9 Å². The average molecular weight is 474 g/mol. The zero-order chi connectivity index (χ0) is 24.6. The van der Waals surface area contributed by atoms with Gasteiger partial charge in [-0.15, -0.1) is 0 Å². The van der Waals surface area contributed by atoms with E-state index in [1.165, 1.54) is 4.90 Å². The minimum absolute atomic E-state index is 0.207. The molecule has 0 aliphatic rings. The summed E-state index contributed by atoms with van der Waals surface area (Å²) in [4.78, 5) is 28.0. The lowest BCUT2D eigenvalue weighted by Gasteiger charge is -2.33. The van der Waals surface area contributed by atoms with Gasteiger partial charge in [0.05, 0.1) is 11.9 Å². The number of nitrogens with one attached hydrogen (secondary N) is 1. The van der Waals surface area contributed by atoms with E-state index < -0.39 is 22.0 Å². The predicted octanol–water partition coefficient (Wildman–Crippen LogP) is 3.34. The Morgan fingerprint density at radius 1 is 1.00 bits per heavy atom. The summed E-state index contributed by atoms with van der Waals surface area (Å²) in [6, 6.07) is 15.7. The van der Waals surface area contributed by atoms with Crippen LogP contribution in [0.2, 0.25) is 0 Å². The summed E-state index contributed by atoms with van der Waals surface area (Å²) < 4.78 is 26.4. The molecule has 0 radical (unpaired) electrons. The Morgan fingerprint density at radius 2 is 1.61 bits per heavy atom. The number of carbonyl (C=O) groups excluding carboxylic acids is 2. The average Bonchev–Trinajstić information content (AvgIpc) is 2.76. The SMILES string of the molecule is CC[C@@H](C(=O)NCC(C)C)N(Cc1ccccc1)C(=O)CN(c1ccccc1C)S(C)(=O)=O. The molecule has 0 aliphatic carbocycles. The molecule has 2 aromatic carbocycles. The first-order valence-corrected chi connectivity index (χ1v) is 13.0. The third kappa shape index (κ3) is 7.60. The fraction of sp³-hybridized carbons (Fsp3) is 0.440. The van der Waals surface area contributed by atoms with E-state index in [9.17, 15) is 18.0 Å². The topological polar surface area (TPSA) is 86.8 Å². The molecule has 0 saturated carbocycles. The van der Waals surface area contributed by atoms with Crippen molar-refractivity contribution in [3.05, 3.63) is 65.7 Å². The van der Waals surface area contributed by atoms with Crippen molar-refractivity contribution in [3.63, 3.8) is 0 Å². The van der Waals surface area contributed by atoms with Crippen LogP contribution in [0.4, 0.5) is 5.69 Å². The van der Waals surface area contributed by atoms with Gasteiger partial charge in [-0.05, 0) is 36.5 Å². The van der Waals surface area contributed by atoms with Gasteiger partial charge < -0.3 is 10.2 Å². The van der Waals surface area contributed by atoms with Gasteiger partial charge in [-0.1, -0.05) is 69.3 Å². The number of para-hydroxylation sites is 1. The van der Waals surface area contributed by atoms with E-state index in [4.69, 9.17) is 0 Å². The minimum atomic E-state index is -3.73. The fourth-order valence-corrected chi connectivity index (χ4v) is 4.47. The molecule has 0 bridgehead atoms. The number of sulfonamides is 1. The van der Waals surface area contributed by atoms with E-state index in [2.05, 4.69) is 5.32 Å². The molecule has 1 atom stereocenters. The van der Waals surface area contributed by atoms with E-state index in [-0.39, 0.29) is 24.9 Å². The number of amides is 2. The van der Waals surface area contributed by atoms with Crippen LogP contribution in [-0.4, -0.2) is 50.5 Å². The van der Waals surface area contributed by atoms with Crippen LogP contribution in [0.1, 0.15) is 38.3 Å². The zero-order valence-corrected chi connectivity index (χ0v) is 20.9. The van der Waals surface area contributed by atoms with Gasteiger partial charge in [-0.25, -0.2) is 8.42 Å². The molecule has 0 unspecified atom stereocenters. The number of hydrogen-bond donors (Lipinski definition) is 1. The Balaban J connectivity index is 2.40. The van der Waals surface area contributed by atoms with E-state index in [0.29, 0.717) is 18.7 Å². The van der Waals surface area contributed by atoms with Gasteiger partial charge >= 0.3 is 0 Å². The Kier molecular flexibility index (Phi) is 9.46. The van der Waals surface area contributed by atoms with E-state index >= 15 is 0 Å². The Morgan fingerprint density at radius 3 is 2.15 bits per heavy atom. The van der Waals surface area contributed by atoms with E-state index in [1.54, 1.807) is 25.1 Å². The largest absolute Gasteiger partial charge is 0.354 e. The van der Waals surface area contributed by atoms with Crippen LogP contribution < -0.4 is 9.62 Å². The molecule has 33 heavy (non-hydrogen) atoms. The lowest BCUT2D eigenvalue weighted by molar-refractivity contribution is -0.140. The highest BCUT2D eigenvalue weighted by molar-refractivity contribution is 7.92. The van der Waals surface area contributed by atoms with Crippen molar-refractivity contribution in [2.24, 2.45) is 5.92 Å². The monoisotopic (exact) mass is 473 g/mol. The van der Waals surface area contributed by atoms with Crippen molar-refractivity contribution in [1.82, 2.24) is 10.2 Å². The molecule has 1 N–H and O–H groups in total. The van der Waals surface area contributed by atoms with Gasteiger partial charge in [0, 0.05) is 13.1 Å². The van der Waals surface area contributed by atoms with Crippen molar-refractivity contribution < 1.29 is 18.0 Å². The number of benzene rings is 2. The molecule has 2 aromatic rings. The first-order valence-electron chi connectivity index (χ1n) is 11.2. The summed E-state index contributed by atoms with van der Waals surface area (Å²) in [5.41, 5.74) is 2.06. The summed E-state index contributed by atoms with van der Waals surface area (Å²) in [6.45, 7) is 7.97. The third-order valence-electron chi connectivity index (χ3n) is 5.33. The quantitative estimate of drug-likeness (QED) is 0.542. The summed E-state index contributed by atoms with van der Waals surface area (Å²) in [5.74, 6) is -0.400. The lowest BCUT2D eigenvalue weighted by atomic mass is 10.1. The van der Waals surface area contributed by atoms with Crippen molar-refractivity contribution >= 4 is 27.5 Å². The van der Waals surface area contributed by atoms with Crippen LogP contribution in [0.5, 0.6) is 0 Å². The maximum absolute atomic E-state index is 13.6. The standard InChI is InChI=1S/C25H35N3O4S/c1-6-22(25(30)26-16-19(2)3)27(17-21-13-8-7-9-14-21)24(29)18-28(33(5,31)32)23-15-11-10-12-20(23)4/h7-15,19,22H,6,16-18H2,1-5H3,(H,26,30)/t22-/m0/s1. The van der Waals surface area contributed by atoms with Crippen LogP contribution in [-0.2, 0) is 26.2 Å². The molecular weight excluding hydrogens is 438 g/mol. The molecule has 0 spiro atoms. The second-order valence-corrected chi connectivity index (χ2v) is 10.5. The van der Waals surface area contributed by atoms with Crippen molar-refractivity contribution in [3.8, 4) is 0 Å². The molecule has 180 valence electrons. The lowest BCUT2D eigenvalue weighted by Crippen LogP contribution is -2.52. The van der Waals surface area contributed by atoms with Gasteiger partial charge in [0.15, 0.2) is 0 Å². The summed E-state index contributed by atoms with van der Waals surface area (Å²) in [6.07, 6.45) is 1.49. The number of carbonyl (C=O) groups is 2. The first kappa shape index (κ1) is 26.4. The highest BCUT2D eigenvalue weighted by atomic mass is 32.2. The number of hydrogen-bond acceptors (Lipinski definition) is 4. The minimum Gasteiger partial charge on any atom is -0.354 e. The van der Waals surface area contributed by atoms with Crippen LogP contribution in [0.15, 0.2) is 54.6 Å². The van der Waals surface area contributed by atoms with Crippen LogP contribution >= 0.6 is 0 Å². The second kappa shape index (κ2) is 11.8. The van der Waals surface area contributed by atoms with Crippen molar-refractivity contribution in [2.75, 3.05) is 23.7 Å². The van der Waals surface area contributed by atoms with Gasteiger partial charge in [0.2, 0.25) is 21.8 Å². The Hall–Kier alpha value is -2.87. The second-order valence-electron chi connectivity index (χ2n) is 8.63. The molecule has 0 aliphatic heterocycles. The highest BCUT2D eigenvalue weighted by Gasteiger charge is 2.32. The normalized spacial score (nSPS) is 12.3. The van der Waals surface area contributed by atoms with Crippen LogP contribution in [0.3, 0.4) is 0 Å². The Labute approximate surface area is 197 Å². The number of aryl methyl sites for hydroxylation is 1. The number of anilines is 1. The maximum atomic E-state index is 13.6.